The van der Waals surface area contributed by atoms with E-state index < -0.39 is 5.97 Å². The van der Waals surface area contributed by atoms with Crippen molar-refractivity contribution in [2.24, 2.45) is 0 Å². The summed E-state index contributed by atoms with van der Waals surface area (Å²) in [6.07, 6.45) is 0. The van der Waals surface area contributed by atoms with E-state index in [1.807, 2.05) is 19.9 Å². The fourth-order valence-corrected chi connectivity index (χ4v) is 2.60. The molecule has 0 saturated carbocycles. The van der Waals surface area contributed by atoms with Crippen molar-refractivity contribution in [3.05, 3.63) is 53.2 Å². The van der Waals surface area contributed by atoms with Crippen LogP contribution in [0.3, 0.4) is 0 Å². The van der Waals surface area contributed by atoms with Gasteiger partial charge in [-0.05, 0) is 49.7 Å². The van der Waals surface area contributed by atoms with Crippen molar-refractivity contribution in [1.82, 2.24) is 10.2 Å². The number of fused-ring (bicyclic) bond motifs is 1. The van der Waals surface area contributed by atoms with Crippen molar-refractivity contribution in [3.8, 4) is 5.75 Å². The fourth-order valence-electron chi connectivity index (χ4n) is 2.60. The molecule has 0 unspecified atom stereocenters. The summed E-state index contributed by atoms with van der Waals surface area (Å²) in [7, 11) is 1.29. The number of rotatable bonds is 5. The number of ether oxygens (including phenoxy) is 2. The van der Waals surface area contributed by atoms with Gasteiger partial charge in [0, 0.05) is 16.6 Å². The second-order valence-electron chi connectivity index (χ2n) is 5.69. The summed E-state index contributed by atoms with van der Waals surface area (Å²) in [6.45, 7) is 4.35. The number of methoxy groups -OCH3 is 1. The number of esters is 1. The van der Waals surface area contributed by atoms with Crippen molar-refractivity contribution < 1.29 is 19.1 Å². The van der Waals surface area contributed by atoms with E-state index >= 15 is 0 Å². The van der Waals surface area contributed by atoms with Crippen LogP contribution in [0.25, 0.3) is 10.9 Å². The molecule has 7 heteroatoms. The third kappa shape index (κ3) is 3.37. The zero-order valence-electron chi connectivity index (χ0n) is 14.8. The maximum absolute atomic E-state index is 12.5. The van der Waals surface area contributed by atoms with Crippen molar-refractivity contribution in [1.29, 1.82) is 0 Å². The standard InChI is InChI=1S/C19H19N3O4/c1-4-26-16-9-12(6-5-11(16)2)18(23)20-13-7-8-15-14(10-13)17(22-21-15)19(24)25-3/h5-10H,4H2,1-3H3,(H,20,23)(H,21,22). The van der Waals surface area contributed by atoms with Crippen LogP contribution in [0.15, 0.2) is 36.4 Å². The molecule has 7 nitrogen and oxygen atoms in total. The predicted octanol–water partition coefficient (Wildman–Crippen LogP) is 3.31. The first-order chi connectivity index (χ1) is 12.5. The van der Waals surface area contributed by atoms with Crippen molar-refractivity contribution in [2.75, 3.05) is 19.0 Å². The molecule has 2 aromatic carbocycles. The molecule has 1 aromatic heterocycles. The summed E-state index contributed by atoms with van der Waals surface area (Å²) in [5, 5.41) is 10.1. The maximum Gasteiger partial charge on any atom is 0.359 e. The average Bonchev–Trinajstić information content (AvgIpc) is 3.06. The van der Waals surface area contributed by atoms with Gasteiger partial charge < -0.3 is 14.8 Å². The van der Waals surface area contributed by atoms with Crippen LogP contribution in [0.5, 0.6) is 5.75 Å². The number of H-pyrrole nitrogens is 1. The quantitative estimate of drug-likeness (QED) is 0.687. The van der Waals surface area contributed by atoms with Gasteiger partial charge in [-0.25, -0.2) is 4.79 Å². The number of aromatic nitrogens is 2. The number of anilines is 1. The molecule has 0 aliphatic heterocycles. The van der Waals surface area contributed by atoms with Gasteiger partial charge in [-0.1, -0.05) is 6.07 Å². The monoisotopic (exact) mass is 353 g/mol. The Kier molecular flexibility index (Phi) is 4.88. The van der Waals surface area contributed by atoms with E-state index in [1.165, 1.54) is 7.11 Å². The Hall–Kier alpha value is -3.35. The number of benzene rings is 2. The molecule has 0 aliphatic rings. The second-order valence-corrected chi connectivity index (χ2v) is 5.69. The predicted molar refractivity (Wildman–Crippen MR) is 97.7 cm³/mol. The first kappa shape index (κ1) is 17.5. The zero-order chi connectivity index (χ0) is 18.7. The molecule has 2 N–H and O–H groups in total. The summed E-state index contributed by atoms with van der Waals surface area (Å²) < 4.78 is 10.3. The Balaban J connectivity index is 1.87. The third-order valence-electron chi connectivity index (χ3n) is 3.95. The molecule has 1 amide bonds. The van der Waals surface area contributed by atoms with Crippen LogP contribution in [0.4, 0.5) is 5.69 Å². The number of hydrogen-bond acceptors (Lipinski definition) is 5. The lowest BCUT2D eigenvalue weighted by molar-refractivity contribution is 0.0596. The molecule has 0 saturated heterocycles. The lowest BCUT2D eigenvalue weighted by atomic mass is 10.1. The average molecular weight is 353 g/mol. The van der Waals surface area contributed by atoms with Crippen molar-refractivity contribution in [2.45, 2.75) is 13.8 Å². The Bertz CT molecular complexity index is 978. The highest BCUT2D eigenvalue weighted by Crippen LogP contribution is 2.23. The number of carbonyl (C=O) groups excluding carboxylic acids is 2. The van der Waals surface area contributed by atoms with E-state index in [4.69, 9.17) is 9.47 Å². The Morgan fingerprint density at radius 2 is 2.00 bits per heavy atom. The number of carbonyl (C=O) groups is 2. The molecule has 134 valence electrons. The van der Waals surface area contributed by atoms with E-state index in [1.54, 1.807) is 30.3 Å². The molecule has 3 aromatic rings. The van der Waals surface area contributed by atoms with Crippen LogP contribution >= 0.6 is 0 Å². The molecular weight excluding hydrogens is 334 g/mol. The minimum absolute atomic E-state index is 0.174. The lowest BCUT2D eigenvalue weighted by Gasteiger charge is -2.10. The maximum atomic E-state index is 12.5. The van der Waals surface area contributed by atoms with E-state index in [2.05, 4.69) is 15.5 Å². The van der Waals surface area contributed by atoms with Gasteiger partial charge >= 0.3 is 5.97 Å². The van der Waals surface area contributed by atoms with Gasteiger partial charge in [-0.3, -0.25) is 9.89 Å². The van der Waals surface area contributed by atoms with Crippen LogP contribution in [-0.4, -0.2) is 35.8 Å². The topological polar surface area (TPSA) is 93.3 Å². The molecule has 26 heavy (non-hydrogen) atoms. The normalized spacial score (nSPS) is 10.6. The zero-order valence-corrected chi connectivity index (χ0v) is 14.8. The molecule has 3 rings (SSSR count). The molecule has 1 heterocycles. The van der Waals surface area contributed by atoms with Crippen LogP contribution in [-0.2, 0) is 4.74 Å². The molecule has 0 spiro atoms. The van der Waals surface area contributed by atoms with E-state index in [9.17, 15) is 9.59 Å². The van der Waals surface area contributed by atoms with Gasteiger partial charge in [0.15, 0.2) is 5.69 Å². The van der Waals surface area contributed by atoms with Crippen molar-refractivity contribution in [3.63, 3.8) is 0 Å². The van der Waals surface area contributed by atoms with E-state index in [-0.39, 0.29) is 11.6 Å². The third-order valence-corrected chi connectivity index (χ3v) is 3.95. The first-order valence-electron chi connectivity index (χ1n) is 8.14. The SMILES string of the molecule is CCOc1cc(C(=O)Nc2ccc3[nH]nc(C(=O)OC)c3c2)ccc1C. The van der Waals surface area contributed by atoms with Gasteiger partial charge in [-0.2, -0.15) is 5.10 Å². The Morgan fingerprint density at radius 1 is 1.19 bits per heavy atom. The van der Waals surface area contributed by atoms with Gasteiger partial charge in [0.2, 0.25) is 0 Å². The van der Waals surface area contributed by atoms with Crippen LogP contribution in [0.1, 0.15) is 33.3 Å². The summed E-state index contributed by atoms with van der Waals surface area (Å²) in [5.74, 6) is -0.133. The van der Waals surface area contributed by atoms with E-state index in [0.29, 0.717) is 34.5 Å². The Morgan fingerprint density at radius 3 is 2.73 bits per heavy atom. The number of amides is 1. The van der Waals surface area contributed by atoms with Crippen LogP contribution in [0.2, 0.25) is 0 Å². The largest absolute Gasteiger partial charge is 0.494 e. The smallest absolute Gasteiger partial charge is 0.359 e. The number of nitrogens with one attached hydrogen (secondary N) is 2. The molecule has 0 aliphatic carbocycles. The number of hydrogen-bond donors (Lipinski definition) is 2. The minimum atomic E-state index is -0.542. The summed E-state index contributed by atoms with van der Waals surface area (Å²) in [5.41, 5.74) is 2.85. The molecule has 0 atom stereocenters. The van der Waals surface area contributed by atoms with Crippen molar-refractivity contribution >= 4 is 28.5 Å². The second kappa shape index (κ2) is 7.26. The minimum Gasteiger partial charge on any atom is -0.494 e. The number of aryl methyl sites for hydroxylation is 1. The highest BCUT2D eigenvalue weighted by Gasteiger charge is 2.16. The van der Waals surface area contributed by atoms with E-state index in [0.717, 1.165) is 5.56 Å². The van der Waals surface area contributed by atoms with Gasteiger partial charge in [0.05, 0.1) is 19.2 Å². The van der Waals surface area contributed by atoms with Gasteiger partial charge in [-0.15, -0.1) is 0 Å². The van der Waals surface area contributed by atoms with Gasteiger partial charge in [0.25, 0.3) is 5.91 Å². The number of aromatic amines is 1. The highest BCUT2D eigenvalue weighted by atomic mass is 16.5. The lowest BCUT2D eigenvalue weighted by Crippen LogP contribution is -2.12. The summed E-state index contributed by atoms with van der Waals surface area (Å²) >= 11 is 0. The molecular formula is C19H19N3O4. The summed E-state index contributed by atoms with van der Waals surface area (Å²) in [4.78, 5) is 24.3. The highest BCUT2D eigenvalue weighted by molar-refractivity contribution is 6.07. The molecule has 0 fully saturated rings. The molecule has 0 bridgehead atoms. The summed E-state index contributed by atoms with van der Waals surface area (Å²) in [6, 6.07) is 10.4. The first-order valence-corrected chi connectivity index (χ1v) is 8.14. The van der Waals surface area contributed by atoms with Gasteiger partial charge in [0.1, 0.15) is 5.75 Å². The van der Waals surface area contributed by atoms with Crippen LogP contribution in [0, 0.1) is 6.92 Å². The number of nitrogens with zero attached hydrogens (tertiary/aromatic N) is 1. The Labute approximate surface area is 150 Å². The van der Waals surface area contributed by atoms with Crippen LogP contribution < -0.4 is 10.1 Å². The fraction of sp³-hybridized carbons (Fsp3) is 0.211. The molecule has 0 radical (unpaired) electrons.